The first-order valence-corrected chi connectivity index (χ1v) is 5.80. The number of nitrogens with zero attached hydrogens (tertiary/aromatic N) is 2. The molecule has 5 heteroatoms. The van der Waals surface area contributed by atoms with Crippen LogP contribution in [-0.4, -0.2) is 36.5 Å². The Bertz CT molecular complexity index is 356. The average Bonchev–Trinajstić information content (AvgIpc) is 2.61. The highest BCUT2D eigenvalue weighted by Crippen LogP contribution is 2.33. The van der Waals surface area contributed by atoms with E-state index in [4.69, 9.17) is 4.52 Å². The summed E-state index contributed by atoms with van der Waals surface area (Å²) < 4.78 is 5.67. The van der Waals surface area contributed by atoms with Crippen LogP contribution in [0.25, 0.3) is 0 Å². The molecule has 1 aliphatic heterocycles. The smallest absolute Gasteiger partial charge is 0.213 e. The molecular weight excluding hydrogens is 260 g/mol. The zero-order chi connectivity index (χ0) is 10.8. The fourth-order valence-corrected chi connectivity index (χ4v) is 2.48. The Morgan fingerprint density at radius 2 is 2.20 bits per heavy atom. The van der Waals surface area contributed by atoms with Gasteiger partial charge in [-0.25, -0.2) is 0 Å². The van der Waals surface area contributed by atoms with Crippen molar-refractivity contribution in [3.05, 3.63) is 15.9 Å². The lowest BCUT2D eigenvalue weighted by molar-refractivity contribution is 0.109. The lowest BCUT2D eigenvalue weighted by Crippen LogP contribution is -2.29. The van der Waals surface area contributed by atoms with Gasteiger partial charge in [0.05, 0.1) is 4.47 Å². The molecule has 1 aromatic rings. The molecule has 0 unspecified atom stereocenters. The third-order valence-electron chi connectivity index (χ3n) is 2.90. The minimum atomic E-state index is 0.295. The highest BCUT2D eigenvalue weighted by atomic mass is 79.9. The van der Waals surface area contributed by atoms with Crippen molar-refractivity contribution >= 4 is 22.2 Å². The van der Waals surface area contributed by atoms with Crippen LogP contribution in [0.2, 0.25) is 0 Å². The SMILES string of the molecule is CN1CCC(c2noc(C=O)c2Br)CC1. The molecule has 2 heterocycles. The maximum atomic E-state index is 10.6. The highest BCUT2D eigenvalue weighted by molar-refractivity contribution is 9.10. The molecule has 0 N–H and O–H groups in total. The Balaban J connectivity index is 2.15. The maximum Gasteiger partial charge on any atom is 0.213 e. The van der Waals surface area contributed by atoms with Gasteiger partial charge in [0.2, 0.25) is 5.76 Å². The van der Waals surface area contributed by atoms with Crippen LogP contribution >= 0.6 is 15.9 Å². The summed E-state index contributed by atoms with van der Waals surface area (Å²) >= 11 is 3.36. The average molecular weight is 273 g/mol. The van der Waals surface area contributed by atoms with Crippen molar-refractivity contribution in [2.45, 2.75) is 18.8 Å². The van der Waals surface area contributed by atoms with Crippen molar-refractivity contribution in [3.8, 4) is 0 Å². The maximum absolute atomic E-state index is 10.6. The number of halogens is 1. The molecule has 4 nitrogen and oxygen atoms in total. The van der Waals surface area contributed by atoms with Gasteiger partial charge in [-0.1, -0.05) is 5.16 Å². The summed E-state index contributed by atoms with van der Waals surface area (Å²) in [6.45, 7) is 2.14. The van der Waals surface area contributed by atoms with Crippen molar-refractivity contribution in [1.82, 2.24) is 10.1 Å². The van der Waals surface area contributed by atoms with Crippen molar-refractivity contribution in [2.75, 3.05) is 20.1 Å². The van der Waals surface area contributed by atoms with E-state index in [-0.39, 0.29) is 0 Å². The fourth-order valence-electron chi connectivity index (χ4n) is 1.91. The van der Waals surface area contributed by atoms with E-state index in [1.54, 1.807) is 0 Å². The van der Waals surface area contributed by atoms with Gasteiger partial charge in [-0.2, -0.15) is 0 Å². The van der Waals surface area contributed by atoms with E-state index >= 15 is 0 Å². The number of piperidine rings is 1. The molecule has 1 aliphatic rings. The zero-order valence-corrected chi connectivity index (χ0v) is 10.2. The van der Waals surface area contributed by atoms with Gasteiger partial charge in [0.25, 0.3) is 0 Å². The number of hydrogen-bond donors (Lipinski definition) is 0. The van der Waals surface area contributed by atoms with Gasteiger partial charge in [0.15, 0.2) is 6.29 Å². The Morgan fingerprint density at radius 1 is 1.53 bits per heavy atom. The summed E-state index contributed by atoms with van der Waals surface area (Å²) in [6.07, 6.45) is 2.83. The van der Waals surface area contributed by atoms with E-state index in [2.05, 4.69) is 33.0 Å². The Morgan fingerprint density at radius 3 is 2.73 bits per heavy atom. The molecule has 82 valence electrons. The van der Waals surface area contributed by atoms with E-state index in [0.29, 0.717) is 18.0 Å². The fraction of sp³-hybridized carbons (Fsp3) is 0.600. The van der Waals surface area contributed by atoms with E-state index < -0.39 is 0 Å². The lowest BCUT2D eigenvalue weighted by atomic mass is 9.94. The van der Waals surface area contributed by atoms with Crippen LogP contribution in [0.1, 0.15) is 35.0 Å². The topological polar surface area (TPSA) is 46.3 Å². The van der Waals surface area contributed by atoms with Gasteiger partial charge < -0.3 is 9.42 Å². The number of aromatic nitrogens is 1. The van der Waals surface area contributed by atoms with E-state index in [1.165, 1.54) is 0 Å². The molecule has 0 spiro atoms. The van der Waals surface area contributed by atoms with Gasteiger partial charge in [-0.15, -0.1) is 0 Å². The van der Waals surface area contributed by atoms with Crippen molar-refractivity contribution in [1.29, 1.82) is 0 Å². The number of rotatable bonds is 2. The Labute approximate surface area is 96.7 Å². The molecule has 0 saturated carbocycles. The predicted molar refractivity (Wildman–Crippen MR) is 59.1 cm³/mol. The second-order valence-electron chi connectivity index (χ2n) is 3.94. The molecule has 2 rings (SSSR count). The Hall–Kier alpha value is -0.680. The van der Waals surface area contributed by atoms with Crippen molar-refractivity contribution < 1.29 is 9.32 Å². The molecule has 0 amide bonds. The number of carbonyl (C=O) groups is 1. The standard InChI is InChI=1S/C10H13BrN2O2/c1-13-4-2-7(3-5-13)10-9(11)8(6-14)15-12-10/h6-7H,2-5H2,1H3. The molecular formula is C10H13BrN2O2. The van der Waals surface area contributed by atoms with Crippen LogP contribution in [0, 0.1) is 0 Å². The van der Waals surface area contributed by atoms with E-state index in [0.717, 1.165) is 36.1 Å². The number of hydrogen-bond acceptors (Lipinski definition) is 4. The van der Waals surface area contributed by atoms with Crippen molar-refractivity contribution in [3.63, 3.8) is 0 Å². The summed E-state index contributed by atoms with van der Waals surface area (Å²) in [5.41, 5.74) is 0.894. The summed E-state index contributed by atoms with van der Waals surface area (Å²) in [5, 5.41) is 3.96. The highest BCUT2D eigenvalue weighted by Gasteiger charge is 2.25. The summed E-state index contributed by atoms with van der Waals surface area (Å²) in [6, 6.07) is 0. The lowest BCUT2D eigenvalue weighted by Gasteiger charge is -2.27. The van der Waals surface area contributed by atoms with Crippen LogP contribution in [0.3, 0.4) is 0 Å². The molecule has 0 aromatic carbocycles. The molecule has 1 aromatic heterocycles. The van der Waals surface area contributed by atoms with Gasteiger partial charge in [-0.3, -0.25) is 4.79 Å². The molecule has 15 heavy (non-hydrogen) atoms. The van der Waals surface area contributed by atoms with Crippen LogP contribution < -0.4 is 0 Å². The van der Waals surface area contributed by atoms with Gasteiger partial charge in [0.1, 0.15) is 5.69 Å². The first kappa shape index (κ1) is 10.8. The zero-order valence-electron chi connectivity index (χ0n) is 8.57. The summed E-state index contributed by atoms with van der Waals surface area (Å²) in [5.74, 6) is 0.706. The van der Waals surface area contributed by atoms with Gasteiger partial charge in [0, 0.05) is 5.92 Å². The van der Waals surface area contributed by atoms with Gasteiger partial charge >= 0.3 is 0 Å². The monoisotopic (exact) mass is 272 g/mol. The molecule has 0 atom stereocenters. The van der Waals surface area contributed by atoms with Crippen LogP contribution in [0.15, 0.2) is 9.00 Å². The molecule has 0 bridgehead atoms. The quantitative estimate of drug-likeness (QED) is 0.774. The first-order chi connectivity index (χ1) is 7.22. The third-order valence-corrected chi connectivity index (χ3v) is 3.69. The van der Waals surface area contributed by atoms with Gasteiger partial charge in [-0.05, 0) is 48.9 Å². The van der Waals surface area contributed by atoms with Crippen LogP contribution in [-0.2, 0) is 0 Å². The largest absolute Gasteiger partial charge is 0.352 e. The number of carbonyl (C=O) groups excluding carboxylic acids is 1. The Kier molecular flexibility index (Phi) is 3.21. The summed E-state index contributed by atoms with van der Waals surface area (Å²) in [7, 11) is 2.12. The van der Waals surface area contributed by atoms with E-state index in [1.807, 2.05) is 0 Å². The first-order valence-electron chi connectivity index (χ1n) is 5.01. The predicted octanol–water partition coefficient (Wildman–Crippen LogP) is 2.06. The minimum absolute atomic E-state index is 0.295. The molecule has 0 radical (unpaired) electrons. The molecule has 0 aliphatic carbocycles. The van der Waals surface area contributed by atoms with Crippen LogP contribution in [0.5, 0.6) is 0 Å². The molecule has 1 fully saturated rings. The normalized spacial score (nSPS) is 19.3. The minimum Gasteiger partial charge on any atom is -0.352 e. The number of aldehydes is 1. The second-order valence-corrected chi connectivity index (χ2v) is 4.73. The number of likely N-dealkylation sites (tertiary alicyclic amines) is 1. The van der Waals surface area contributed by atoms with E-state index in [9.17, 15) is 4.79 Å². The third kappa shape index (κ3) is 2.13. The van der Waals surface area contributed by atoms with Crippen LogP contribution in [0.4, 0.5) is 0 Å². The van der Waals surface area contributed by atoms with Crippen molar-refractivity contribution in [2.24, 2.45) is 0 Å². The second kappa shape index (κ2) is 4.45. The molecule has 1 saturated heterocycles. The summed E-state index contributed by atoms with van der Waals surface area (Å²) in [4.78, 5) is 12.9.